The molecule has 0 bridgehead atoms. The normalized spacial score (nSPS) is 38.6. The number of carbonyl (C=O) groups is 1. The second kappa shape index (κ2) is 3.00. The van der Waals surface area contributed by atoms with Crippen LogP contribution in [-0.2, 0) is 4.79 Å². The number of carboxylic acid groups (broad SMARTS) is 1. The molecule has 76 valence electrons. The lowest BCUT2D eigenvalue weighted by molar-refractivity contribution is -0.152. The molecule has 2 atom stereocenters. The Morgan fingerprint density at radius 1 is 1.31 bits per heavy atom. The Morgan fingerprint density at radius 2 is 1.85 bits per heavy atom. The Balaban J connectivity index is 2.76. The summed E-state index contributed by atoms with van der Waals surface area (Å²) in [5, 5.41) is 9.09. The predicted molar refractivity (Wildman–Crippen MR) is 52.5 cm³/mol. The quantitative estimate of drug-likeness (QED) is 0.680. The van der Waals surface area contributed by atoms with E-state index in [1.54, 1.807) is 0 Å². The van der Waals surface area contributed by atoms with Gasteiger partial charge in [0.15, 0.2) is 0 Å². The van der Waals surface area contributed by atoms with Gasteiger partial charge >= 0.3 is 5.97 Å². The van der Waals surface area contributed by atoms with Crippen molar-refractivity contribution >= 4 is 5.97 Å². The van der Waals surface area contributed by atoms with Crippen molar-refractivity contribution in [1.29, 1.82) is 0 Å². The Bertz CT molecular complexity index is 220. The van der Waals surface area contributed by atoms with Crippen molar-refractivity contribution in [1.82, 2.24) is 0 Å². The van der Waals surface area contributed by atoms with E-state index < -0.39 is 11.4 Å². The first-order chi connectivity index (χ1) is 5.78. The van der Waals surface area contributed by atoms with Crippen molar-refractivity contribution in [3.8, 4) is 0 Å². The summed E-state index contributed by atoms with van der Waals surface area (Å²) >= 11 is 0. The lowest BCUT2D eigenvalue weighted by Gasteiger charge is -2.43. The number of aliphatic carboxylic acids is 1. The highest BCUT2D eigenvalue weighted by Crippen LogP contribution is 2.48. The van der Waals surface area contributed by atoms with E-state index in [0.717, 1.165) is 19.3 Å². The van der Waals surface area contributed by atoms with Crippen molar-refractivity contribution in [2.75, 3.05) is 0 Å². The van der Waals surface area contributed by atoms with E-state index in [1.807, 2.05) is 6.92 Å². The maximum atomic E-state index is 11.0. The predicted octanol–water partition coefficient (Wildman–Crippen LogP) is 2.92. The molecule has 13 heavy (non-hydrogen) atoms. The minimum atomic E-state index is -0.630. The van der Waals surface area contributed by atoms with Crippen LogP contribution in [0.2, 0.25) is 0 Å². The van der Waals surface area contributed by atoms with E-state index in [2.05, 4.69) is 20.8 Å². The highest BCUT2D eigenvalue weighted by Gasteiger charge is 2.44. The fourth-order valence-corrected chi connectivity index (χ4v) is 2.09. The zero-order valence-electron chi connectivity index (χ0n) is 9.05. The van der Waals surface area contributed by atoms with Gasteiger partial charge in [-0.05, 0) is 37.5 Å². The van der Waals surface area contributed by atoms with Crippen LogP contribution in [0.25, 0.3) is 0 Å². The standard InChI is InChI=1S/C11H20O2/c1-8-7-11(4,9(12)13)6-5-10(8,2)3/h8H,5-7H2,1-4H3,(H,12,13)/t8-,11-/m0/s1. The van der Waals surface area contributed by atoms with E-state index in [-0.39, 0.29) is 0 Å². The lowest BCUT2D eigenvalue weighted by atomic mass is 9.60. The molecular weight excluding hydrogens is 164 g/mol. The fraction of sp³-hybridized carbons (Fsp3) is 0.909. The van der Waals surface area contributed by atoms with E-state index in [0.29, 0.717) is 11.3 Å². The van der Waals surface area contributed by atoms with Crippen LogP contribution in [0.15, 0.2) is 0 Å². The summed E-state index contributed by atoms with van der Waals surface area (Å²) in [6, 6.07) is 0. The van der Waals surface area contributed by atoms with Gasteiger partial charge in [-0.25, -0.2) is 0 Å². The molecule has 0 aromatic rings. The molecule has 2 nitrogen and oxygen atoms in total. The van der Waals surface area contributed by atoms with Gasteiger partial charge in [-0.3, -0.25) is 4.79 Å². The van der Waals surface area contributed by atoms with E-state index >= 15 is 0 Å². The summed E-state index contributed by atoms with van der Waals surface area (Å²) in [7, 11) is 0. The average Bonchev–Trinajstić information content (AvgIpc) is 1.98. The van der Waals surface area contributed by atoms with Crippen LogP contribution in [0.1, 0.15) is 47.0 Å². The van der Waals surface area contributed by atoms with E-state index in [4.69, 9.17) is 5.11 Å². The van der Waals surface area contributed by atoms with Gasteiger partial charge in [0.1, 0.15) is 0 Å². The smallest absolute Gasteiger partial charge is 0.309 e. The van der Waals surface area contributed by atoms with Gasteiger partial charge in [0.05, 0.1) is 5.41 Å². The van der Waals surface area contributed by atoms with Gasteiger partial charge in [0, 0.05) is 0 Å². The minimum absolute atomic E-state index is 0.314. The first-order valence-electron chi connectivity index (χ1n) is 5.01. The third kappa shape index (κ3) is 1.87. The summed E-state index contributed by atoms with van der Waals surface area (Å²) in [6.45, 7) is 8.51. The molecule has 1 saturated carbocycles. The van der Waals surface area contributed by atoms with Crippen LogP contribution < -0.4 is 0 Å². The van der Waals surface area contributed by atoms with Crippen molar-refractivity contribution < 1.29 is 9.90 Å². The monoisotopic (exact) mass is 184 g/mol. The second-order valence-electron chi connectivity index (χ2n) is 5.46. The van der Waals surface area contributed by atoms with Gasteiger partial charge < -0.3 is 5.11 Å². The molecule has 0 amide bonds. The number of rotatable bonds is 1. The number of carboxylic acids is 1. The lowest BCUT2D eigenvalue weighted by Crippen LogP contribution is -2.40. The summed E-state index contributed by atoms with van der Waals surface area (Å²) in [5.74, 6) is -0.128. The molecule has 0 heterocycles. The molecular formula is C11H20O2. The van der Waals surface area contributed by atoms with Crippen LogP contribution in [0.3, 0.4) is 0 Å². The highest BCUT2D eigenvalue weighted by atomic mass is 16.4. The first-order valence-corrected chi connectivity index (χ1v) is 5.01. The first kappa shape index (κ1) is 10.6. The van der Waals surface area contributed by atoms with Crippen LogP contribution >= 0.6 is 0 Å². The topological polar surface area (TPSA) is 37.3 Å². The largest absolute Gasteiger partial charge is 0.481 e. The van der Waals surface area contributed by atoms with Gasteiger partial charge in [-0.2, -0.15) is 0 Å². The molecule has 0 aromatic heterocycles. The Kier molecular flexibility index (Phi) is 2.44. The zero-order valence-corrected chi connectivity index (χ0v) is 9.05. The Hall–Kier alpha value is -0.530. The molecule has 0 saturated heterocycles. The maximum absolute atomic E-state index is 11.0. The van der Waals surface area contributed by atoms with E-state index in [9.17, 15) is 4.79 Å². The van der Waals surface area contributed by atoms with Crippen molar-refractivity contribution in [3.63, 3.8) is 0 Å². The average molecular weight is 184 g/mol. The summed E-state index contributed by atoms with van der Waals surface area (Å²) < 4.78 is 0. The Morgan fingerprint density at radius 3 is 2.23 bits per heavy atom. The molecule has 1 N–H and O–H groups in total. The minimum Gasteiger partial charge on any atom is -0.481 e. The molecule has 0 aliphatic heterocycles. The third-order valence-electron chi connectivity index (χ3n) is 3.93. The van der Waals surface area contributed by atoms with Crippen molar-refractivity contribution in [3.05, 3.63) is 0 Å². The molecule has 1 rings (SSSR count). The molecule has 1 aliphatic carbocycles. The van der Waals surface area contributed by atoms with E-state index in [1.165, 1.54) is 0 Å². The number of hydrogen-bond acceptors (Lipinski definition) is 1. The SMILES string of the molecule is C[C@H]1C[C@@](C)(C(=O)O)CCC1(C)C. The van der Waals surface area contributed by atoms with Crippen LogP contribution in [0.5, 0.6) is 0 Å². The molecule has 2 heteroatoms. The van der Waals surface area contributed by atoms with Crippen molar-refractivity contribution in [2.45, 2.75) is 47.0 Å². The van der Waals surface area contributed by atoms with Gasteiger partial charge in [0.2, 0.25) is 0 Å². The summed E-state index contributed by atoms with van der Waals surface area (Å²) in [4.78, 5) is 11.0. The van der Waals surface area contributed by atoms with Crippen LogP contribution in [0, 0.1) is 16.7 Å². The highest BCUT2D eigenvalue weighted by molar-refractivity contribution is 5.74. The molecule has 0 spiro atoms. The van der Waals surface area contributed by atoms with Crippen molar-refractivity contribution in [2.24, 2.45) is 16.7 Å². The summed E-state index contributed by atoms with van der Waals surface area (Å²) in [6.07, 6.45) is 2.66. The molecule has 1 fully saturated rings. The maximum Gasteiger partial charge on any atom is 0.309 e. The van der Waals surface area contributed by atoms with Gasteiger partial charge in [-0.1, -0.05) is 20.8 Å². The third-order valence-corrected chi connectivity index (χ3v) is 3.93. The van der Waals surface area contributed by atoms with Gasteiger partial charge in [-0.15, -0.1) is 0 Å². The number of hydrogen-bond donors (Lipinski definition) is 1. The molecule has 1 aliphatic rings. The molecule has 0 unspecified atom stereocenters. The zero-order chi connectivity index (χ0) is 10.3. The Labute approximate surface area is 80.3 Å². The van der Waals surface area contributed by atoms with Crippen LogP contribution in [0.4, 0.5) is 0 Å². The molecule has 0 radical (unpaired) electrons. The summed E-state index contributed by atoms with van der Waals surface area (Å²) in [5.41, 5.74) is -0.163. The molecule has 0 aromatic carbocycles. The fourth-order valence-electron chi connectivity index (χ4n) is 2.09. The van der Waals surface area contributed by atoms with Crippen LogP contribution in [-0.4, -0.2) is 11.1 Å². The second-order valence-corrected chi connectivity index (χ2v) is 5.46. The van der Waals surface area contributed by atoms with Gasteiger partial charge in [0.25, 0.3) is 0 Å².